The van der Waals surface area contributed by atoms with Gasteiger partial charge in [-0.25, -0.2) is 0 Å². The number of nitrogens with one attached hydrogen (secondary N) is 1. The minimum atomic E-state index is -0.337. The van der Waals surface area contributed by atoms with Crippen molar-refractivity contribution < 1.29 is 15.0 Å². The molecule has 130 valence electrons. The van der Waals surface area contributed by atoms with E-state index in [0.29, 0.717) is 12.1 Å². The first kappa shape index (κ1) is 19.3. The number of phenols is 2. The molecular weight excluding hydrogens is 290 g/mol. The molecule has 1 aromatic carbocycles. The number of hydrogen-bond donors (Lipinski definition) is 3. The number of carbonyl (C=O) groups excluding carboxylic acids is 1. The minimum Gasteiger partial charge on any atom is -0.504 e. The summed E-state index contributed by atoms with van der Waals surface area (Å²) in [6.07, 6.45) is 9.96. The van der Waals surface area contributed by atoms with E-state index >= 15 is 0 Å². The van der Waals surface area contributed by atoms with Gasteiger partial charge in [-0.2, -0.15) is 0 Å². The highest BCUT2D eigenvalue weighted by Gasteiger charge is 2.15. The van der Waals surface area contributed by atoms with Gasteiger partial charge in [0, 0.05) is 6.54 Å². The van der Waals surface area contributed by atoms with Crippen LogP contribution in [-0.4, -0.2) is 22.7 Å². The SMILES string of the molecule is CCCCCCCCCCNC(=O)C(C)c1ccc(O)c(O)c1. The lowest BCUT2D eigenvalue weighted by molar-refractivity contribution is -0.122. The standard InChI is InChI=1S/C19H31NO3/c1-3-4-5-6-7-8-9-10-13-20-19(23)15(2)16-11-12-17(21)18(22)14-16/h11-12,14-15,21-22H,3-10,13H2,1-2H3,(H,20,23). The molecule has 23 heavy (non-hydrogen) atoms. The van der Waals surface area contributed by atoms with Crippen LogP contribution in [0.2, 0.25) is 0 Å². The number of phenolic OH excluding ortho intramolecular Hbond substituents is 2. The second-order valence-electron chi connectivity index (χ2n) is 6.24. The zero-order valence-electron chi connectivity index (χ0n) is 14.5. The van der Waals surface area contributed by atoms with Crippen LogP contribution in [0.15, 0.2) is 18.2 Å². The molecule has 0 fully saturated rings. The molecule has 0 aliphatic carbocycles. The van der Waals surface area contributed by atoms with Gasteiger partial charge in [0.2, 0.25) is 5.91 Å². The summed E-state index contributed by atoms with van der Waals surface area (Å²) in [4.78, 5) is 12.1. The first-order valence-corrected chi connectivity index (χ1v) is 8.85. The molecule has 0 aromatic heterocycles. The Hall–Kier alpha value is -1.71. The number of aromatic hydroxyl groups is 2. The number of benzene rings is 1. The molecule has 0 bridgehead atoms. The summed E-state index contributed by atoms with van der Waals surface area (Å²) >= 11 is 0. The van der Waals surface area contributed by atoms with Crippen LogP contribution in [0.3, 0.4) is 0 Å². The molecule has 0 spiro atoms. The lowest BCUT2D eigenvalue weighted by atomic mass is 10.00. The fourth-order valence-corrected chi connectivity index (χ4v) is 2.58. The monoisotopic (exact) mass is 321 g/mol. The molecule has 0 aliphatic heterocycles. The van der Waals surface area contributed by atoms with Gasteiger partial charge in [0.05, 0.1) is 5.92 Å². The number of unbranched alkanes of at least 4 members (excludes halogenated alkanes) is 7. The van der Waals surface area contributed by atoms with Crippen molar-refractivity contribution in [3.8, 4) is 11.5 Å². The highest BCUT2D eigenvalue weighted by molar-refractivity contribution is 5.83. The molecule has 0 aliphatic rings. The summed E-state index contributed by atoms with van der Waals surface area (Å²) < 4.78 is 0. The molecule has 1 rings (SSSR count). The van der Waals surface area contributed by atoms with Crippen LogP contribution in [0.4, 0.5) is 0 Å². The van der Waals surface area contributed by atoms with Crippen molar-refractivity contribution in [1.82, 2.24) is 5.32 Å². The highest BCUT2D eigenvalue weighted by Crippen LogP contribution is 2.28. The second-order valence-corrected chi connectivity index (χ2v) is 6.24. The zero-order valence-corrected chi connectivity index (χ0v) is 14.5. The highest BCUT2D eigenvalue weighted by atomic mass is 16.3. The van der Waals surface area contributed by atoms with E-state index < -0.39 is 0 Å². The summed E-state index contributed by atoms with van der Waals surface area (Å²) in [5.41, 5.74) is 0.703. The molecular formula is C19H31NO3. The number of amides is 1. The molecule has 4 nitrogen and oxygen atoms in total. The average molecular weight is 321 g/mol. The van der Waals surface area contributed by atoms with Gasteiger partial charge < -0.3 is 15.5 Å². The largest absolute Gasteiger partial charge is 0.504 e. The van der Waals surface area contributed by atoms with Crippen molar-refractivity contribution in [2.45, 2.75) is 71.1 Å². The van der Waals surface area contributed by atoms with Gasteiger partial charge in [-0.1, -0.05) is 57.9 Å². The lowest BCUT2D eigenvalue weighted by Gasteiger charge is -2.13. The maximum absolute atomic E-state index is 12.1. The Balaban J connectivity index is 2.17. The number of rotatable bonds is 11. The van der Waals surface area contributed by atoms with Gasteiger partial charge in [0.1, 0.15) is 0 Å². The Labute approximate surface area is 139 Å². The maximum Gasteiger partial charge on any atom is 0.227 e. The predicted molar refractivity (Wildman–Crippen MR) is 93.8 cm³/mol. The van der Waals surface area contributed by atoms with E-state index in [1.165, 1.54) is 50.7 Å². The summed E-state index contributed by atoms with van der Waals surface area (Å²) in [5.74, 6) is -0.737. The van der Waals surface area contributed by atoms with Crippen molar-refractivity contribution in [2.24, 2.45) is 0 Å². The summed E-state index contributed by atoms with van der Waals surface area (Å²) in [7, 11) is 0. The van der Waals surface area contributed by atoms with Crippen LogP contribution in [0, 0.1) is 0 Å². The lowest BCUT2D eigenvalue weighted by Crippen LogP contribution is -2.28. The van der Waals surface area contributed by atoms with E-state index in [-0.39, 0.29) is 23.3 Å². The van der Waals surface area contributed by atoms with Crippen molar-refractivity contribution in [2.75, 3.05) is 6.54 Å². The van der Waals surface area contributed by atoms with E-state index in [1.807, 2.05) is 0 Å². The van der Waals surface area contributed by atoms with Crippen LogP contribution in [-0.2, 0) is 4.79 Å². The van der Waals surface area contributed by atoms with Gasteiger partial charge in [-0.3, -0.25) is 4.79 Å². The molecule has 0 saturated carbocycles. The molecule has 1 amide bonds. The van der Waals surface area contributed by atoms with Crippen molar-refractivity contribution in [1.29, 1.82) is 0 Å². The Morgan fingerprint density at radius 1 is 1.00 bits per heavy atom. The summed E-state index contributed by atoms with van der Waals surface area (Å²) in [6, 6.07) is 4.51. The van der Waals surface area contributed by atoms with Crippen molar-refractivity contribution >= 4 is 5.91 Å². The molecule has 1 atom stereocenters. The Bertz CT molecular complexity index is 474. The molecule has 0 saturated heterocycles. The van der Waals surface area contributed by atoms with Gasteiger partial charge in [0.25, 0.3) is 0 Å². The van der Waals surface area contributed by atoms with Crippen LogP contribution in [0.5, 0.6) is 11.5 Å². The topological polar surface area (TPSA) is 69.6 Å². The van der Waals surface area contributed by atoms with E-state index in [0.717, 1.165) is 12.8 Å². The van der Waals surface area contributed by atoms with Gasteiger partial charge >= 0.3 is 0 Å². The van der Waals surface area contributed by atoms with Crippen LogP contribution < -0.4 is 5.32 Å². The van der Waals surface area contributed by atoms with Crippen LogP contribution in [0.25, 0.3) is 0 Å². The summed E-state index contributed by atoms with van der Waals surface area (Å²) in [6.45, 7) is 4.72. The molecule has 0 heterocycles. The van der Waals surface area contributed by atoms with E-state index in [9.17, 15) is 15.0 Å². The molecule has 1 aromatic rings. The number of carbonyl (C=O) groups is 1. The Morgan fingerprint density at radius 3 is 2.22 bits per heavy atom. The average Bonchev–Trinajstić information content (AvgIpc) is 2.55. The fourth-order valence-electron chi connectivity index (χ4n) is 2.58. The van der Waals surface area contributed by atoms with Crippen LogP contribution >= 0.6 is 0 Å². The zero-order chi connectivity index (χ0) is 17.1. The fraction of sp³-hybridized carbons (Fsp3) is 0.632. The first-order valence-electron chi connectivity index (χ1n) is 8.85. The van der Waals surface area contributed by atoms with Gasteiger partial charge in [-0.15, -0.1) is 0 Å². The van der Waals surface area contributed by atoms with Crippen molar-refractivity contribution in [3.05, 3.63) is 23.8 Å². The molecule has 1 unspecified atom stereocenters. The quantitative estimate of drug-likeness (QED) is 0.416. The molecule has 0 radical (unpaired) electrons. The summed E-state index contributed by atoms with van der Waals surface area (Å²) in [5, 5.41) is 21.7. The minimum absolute atomic E-state index is 0.0435. The third-order valence-corrected chi connectivity index (χ3v) is 4.22. The van der Waals surface area contributed by atoms with Crippen molar-refractivity contribution in [3.63, 3.8) is 0 Å². The predicted octanol–water partition coefficient (Wildman–Crippen LogP) is 4.46. The number of hydrogen-bond acceptors (Lipinski definition) is 3. The second kappa shape index (κ2) is 10.9. The normalized spacial score (nSPS) is 12.1. The third-order valence-electron chi connectivity index (χ3n) is 4.22. The van der Waals surface area contributed by atoms with E-state index in [2.05, 4.69) is 12.2 Å². The van der Waals surface area contributed by atoms with E-state index in [1.54, 1.807) is 13.0 Å². The Kier molecular flexibility index (Phi) is 9.18. The van der Waals surface area contributed by atoms with E-state index in [4.69, 9.17) is 0 Å². The molecule has 3 N–H and O–H groups in total. The molecule has 4 heteroatoms. The third kappa shape index (κ3) is 7.40. The smallest absolute Gasteiger partial charge is 0.227 e. The Morgan fingerprint density at radius 2 is 1.61 bits per heavy atom. The van der Waals surface area contributed by atoms with Crippen LogP contribution in [0.1, 0.15) is 76.7 Å². The maximum atomic E-state index is 12.1. The van der Waals surface area contributed by atoms with Gasteiger partial charge in [-0.05, 0) is 31.0 Å². The first-order chi connectivity index (χ1) is 11.1. The van der Waals surface area contributed by atoms with Gasteiger partial charge in [0.15, 0.2) is 11.5 Å².